The number of primary amides is 1. The second-order valence-electron chi connectivity index (χ2n) is 3.32. The Kier molecular flexibility index (Phi) is 3.62. The van der Waals surface area contributed by atoms with Gasteiger partial charge in [-0.1, -0.05) is 25.0 Å². The van der Waals surface area contributed by atoms with Gasteiger partial charge in [0, 0.05) is 6.54 Å². The van der Waals surface area contributed by atoms with Crippen molar-refractivity contribution in [1.29, 1.82) is 0 Å². The standard InChI is InChI=1S/C9H16N4O/c1-3-4-5-6-13-7(2)8(9(10)14)11-12-13/h3-6H2,1-2H3,(H2,10,14). The van der Waals surface area contributed by atoms with E-state index in [4.69, 9.17) is 5.73 Å². The third kappa shape index (κ3) is 2.31. The van der Waals surface area contributed by atoms with E-state index in [1.54, 1.807) is 4.68 Å². The van der Waals surface area contributed by atoms with Crippen molar-refractivity contribution in [2.75, 3.05) is 0 Å². The smallest absolute Gasteiger partial charge is 0.271 e. The van der Waals surface area contributed by atoms with Crippen LogP contribution in [0.2, 0.25) is 0 Å². The number of carbonyl (C=O) groups is 1. The highest BCUT2D eigenvalue weighted by Gasteiger charge is 2.12. The van der Waals surface area contributed by atoms with Crippen LogP contribution in [-0.4, -0.2) is 20.9 Å². The van der Waals surface area contributed by atoms with Crippen LogP contribution >= 0.6 is 0 Å². The number of hydrogen-bond acceptors (Lipinski definition) is 3. The van der Waals surface area contributed by atoms with E-state index in [2.05, 4.69) is 17.2 Å². The van der Waals surface area contributed by atoms with Gasteiger partial charge in [0.2, 0.25) is 0 Å². The van der Waals surface area contributed by atoms with E-state index in [9.17, 15) is 4.79 Å². The molecule has 5 nitrogen and oxygen atoms in total. The first kappa shape index (κ1) is 10.7. The Morgan fingerprint density at radius 3 is 2.71 bits per heavy atom. The number of aromatic nitrogens is 3. The number of hydrogen-bond donors (Lipinski definition) is 1. The van der Waals surface area contributed by atoms with Gasteiger partial charge in [-0.2, -0.15) is 0 Å². The summed E-state index contributed by atoms with van der Waals surface area (Å²) >= 11 is 0. The molecule has 1 amide bonds. The zero-order valence-electron chi connectivity index (χ0n) is 8.66. The molecule has 0 spiro atoms. The first-order chi connectivity index (χ1) is 6.66. The zero-order chi connectivity index (χ0) is 10.6. The molecule has 0 radical (unpaired) electrons. The molecule has 2 N–H and O–H groups in total. The molecule has 0 aliphatic rings. The number of amides is 1. The molecule has 1 aromatic rings. The fourth-order valence-electron chi connectivity index (χ4n) is 1.31. The van der Waals surface area contributed by atoms with Crippen LogP contribution in [0.5, 0.6) is 0 Å². The maximum absolute atomic E-state index is 10.9. The third-order valence-electron chi connectivity index (χ3n) is 2.19. The van der Waals surface area contributed by atoms with Gasteiger partial charge >= 0.3 is 0 Å². The highest BCUT2D eigenvalue weighted by atomic mass is 16.1. The van der Waals surface area contributed by atoms with Crippen molar-refractivity contribution >= 4 is 5.91 Å². The van der Waals surface area contributed by atoms with Gasteiger partial charge in [0.1, 0.15) is 0 Å². The molecule has 0 unspecified atom stereocenters. The summed E-state index contributed by atoms with van der Waals surface area (Å²) < 4.78 is 1.73. The average Bonchev–Trinajstić information content (AvgIpc) is 2.48. The third-order valence-corrected chi connectivity index (χ3v) is 2.19. The Morgan fingerprint density at radius 2 is 2.21 bits per heavy atom. The van der Waals surface area contributed by atoms with Crippen molar-refractivity contribution < 1.29 is 4.79 Å². The van der Waals surface area contributed by atoms with Crippen LogP contribution in [-0.2, 0) is 6.54 Å². The van der Waals surface area contributed by atoms with Gasteiger partial charge in [-0.25, -0.2) is 4.68 Å². The zero-order valence-corrected chi connectivity index (χ0v) is 8.66. The molecule has 1 rings (SSSR count). The van der Waals surface area contributed by atoms with Crippen molar-refractivity contribution in [2.24, 2.45) is 5.73 Å². The number of nitrogens with two attached hydrogens (primary N) is 1. The van der Waals surface area contributed by atoms with Crippen molar-refractivity contribution in [3.63, 3.8) is 0 Å². The summed E-state index contributed by atoms with van der Waals surface area (Å²) in [6.07, 6.45) is 3.38. The molecule has 0 aliphatic carbocycles. The minimum atomic E-state index is -0.510. The Bertz CT molecular complexity index is 319. The number of rotatable bonds is 5. The Labute approximate surface area is 83.3 Å². The van der Waals surface area contributed by atoms with E-state index in [1.165, 1.54) is 0 Å². The number of unbranched alkanes of at least 4 members (excludes halogenated alkanes) is 2. The summed E-state index contributed by atoms with van der Waals surface area (Å²) in [6, 6.07) is 0. The molecule has 5 heteroatoms. The van der Waals surface area contributed by atoms with Crippen molar-refractivity contribution in [1.82, 2.24) is 15.0 Å². The van der Waals surface area contributed by atoms with Crippen LogP contribution in [0.1, 0.15) is 42.4 Å². The van der Waals surface area contributed by atoms with Gasteiger partial charge < -0.3 is 5.73 Å². The fourth-order valence-corrected chi connectivity index (χ4v) is 1.31. The van der Waals surface area contributed by atoms with E-state index in [0.29, 0.717) is 0 Å². The number of nitrogens with zero attached hydrogens (tertiary/aromatic N) is 3. The predicted molar refractivity (Wildman–Crippen MR) is 52.8 cm³/mol. The second-order valence-corrected chi connectivity index (χ2v) is 3.32. The van der Waals surface area contributed by atoms with Crippen LogP contribution in [0.15, 0.2) is 0 Å². The summed E-state index contributed by atoms with van der Waals surface area (Å²) in [7, 11) is 0. The molecule has 0 aliphatic heterocycles. The van der Waals surface area contributed by atoms with Gasteiger partial charge in [-0.05, 0) is 13.3 Å². The highest BCUT2D eigenvalue weighted by Crippen LogP contribution is 2.05. The van der Waals surface area contributed by atoms with Gasteiger partial charge in [-0.15, -0.1) is 5.10 Å². The lowest BCUT2D eigenvalue weighted by molar-refractivity contribution is 0.0995. The molecule has 0 bridgehead atoms. The van der Waals surface area contributed by atoms with Crippen LogP contribution in [0.3, 0.4) is 0 Å². The van der Waals surface area contributed by atoms with E-state index in [0.717, 1.165) is 31.5 Å². The Balaban J connectivity index is 2.65. The van der Waals surface area contributed by atoms with E-state index in [-0.39, 0.29) is 5.69 Å². The quantitative estimate of drug-likeness (QED) is 0.710. The van der Waals surface area contributed by atoms with Crippen LogP contribution < -0.4 is 5.73 Å². The largest absolute Gasteiger partial charge is 0.364 e. The first-order valence-corrected chi connectivity index (χ1v) is 4.86. The van der Waals surface area contributed by atoms with E-state index < -0.39 is 5.91 Å². The van der Waals surface area contributed by atoms with Crippen LogP contribution in [0.25, 0.3) is 0 Å². The maximum Gasteiger partial charge on any atom is 0.271 e. The Morgan fingerprint density at radius 1 is 1.50 bits per heavy atom. The SMILES string of the molecule is CCCCCn1nnc(C(N)=O)c1C. The Hall–Kier alpha value is -1.39. The molecule has 1 heterocycles. The maximum atomic E-state index is 10.9. The van der Waals surface area contributed by atoms with Crippen LogP contribution in [0.4, 0.5) is 0 Å². The lowest BCUT2D eigenvalue weighted by Crippen LogP contribution is -2.13. The lowest BCUT2D eigenvalue weighted by Gasteiger charge is -2.01. The monoisotopic (exact) mass is 196 g/mol. The number of carbonyl (C=O) groups excluding carboxylic acids is 1. The molecule has 14 heavy (non-hydrogen) atoms. The normalized spacial score (nSPS) is 10.4. The molecular formula is C9H16N4O. The second kappa shape index (κ2) is 4.74. The van der Waals surface area contributed by atoms with Gasteiger partial charge in [0.25, 0.3) is 5.91 Å². The van der Waals surface area contributed by atoms with Gasteiger partial charge in [0.05, 0.1) is 5.69 Å². The predicted octanol–water partition coefficient (Wildman–Crippen LogP) is 0.876. The van der Waals surface area contributed by atoms with Crippen molar-refractivity contribution in [3.05, 3.63) is 11.4 Å². The molecule has 0 saturated heterocycles. The van der Waals surface area contributed by atoms with Crippen LogP contribution in [0, 0.1) is 6.92 Å². The molecule has 1 aromatic heterocycles. The first-order valence-electron chi connectivity index (χ1n) is 4.86. The highest BCUT2D eigenvalue weighted by molar-refractivity contribution is 5.91. The summed E-state index contributed by atoms with van der Waals surface area (Å²) in [5.41, 5.74) is 6.17. The molecular weight excluding hydrogens is 180 g/mol. The van der Waals surface area contributed by atoms with E-state index in [1.807, 2.05) is 6.92 Å². The molecule has 0 fully saturated rings. The summed E-state index contributed by atoms with van der Waals surface area (Å²) in [4.78, 5) is 10.9. The molecule has 0 saturated carbocycles. The topological polar surface area (TPSA) is 73.8 Å². The van der Waals surface area contributed by atoms with Gasteiger partial charge in [-0.3, -0.25) is 4.79 Å². The van der Waals surface area contributed by atoms with Crippen molar-refractivity contribution in [2.45, 2.75) is 39.7 Å². The van der Waals surface area contributed by atoms with E-state index >= 15 is 0 Å². The van der Waals surface area contributed by atoms with Gasteiger partial charge in [0.15, 0.2) is 5.69 Å². The summed E-state index contributed by atoms with van der Waals surface area (Å²) in [6.45, 7) is 4.76. The fraction of sp³-hybridized carbons (Fsp3) is 0.667. The average molecular weight is 196 g/mol. The van der Waals surface area contributed by atoms with Crippen molar-refractivity contribution in [3.8, 4) is 0 Å². The summed E-state index contributed by atoms with van der Waals surface area (Å²) in [5.74, 6) is -0.510. The summed E-state index contributed by atoms with van der Waals surface area (Å²) in [5, 5.41) is 7.61. The molecule has 78 valence electrons. The molecule has 0 aromatic carbocycles. The lowest BCUT2D eigenvalue weighted by atomic mass is 10.2. The minimum absolute atomic E-state index is 0.279. The molecule has 0 atom stereocenters. The number of aryl methyl sites for hydroxylation is 1. The minimum Gasteiger partial charge on any atom is -0.364 e.